The standard InChI is InChI=1S/C23H16N2O/c26-23-22-20-13-7-6-11-18(20)17-10-4-5-12-19(17)21(22)14-24-25(23)15-16-8-2-1-3-9-16/h1-14H,15H2. The van der Waals surface area contributed by atoms with Gasteiger partial charge in [0.25, 0.3) is 5.56 Å². The van der Waals surface area contributed by atoms with Crippen molar-refractivity contribution in [3.63, 3.8) is 0 Å². The van der Waals surface area contributed by atoms with Gasteiger partial charge in [0.1, 0.15) is 0 Å². The Hall–Kier alpha value is -3.46. The molecule has 3 heteroatoms. The van der Waals surface area contributed by atoms with E-state index in [9.17, 15) is 4.79 Å². The van der Waals surface area contributed by atoms with Crippen molar-refractivity contribution in [3.8, 4) is 0 Å². The van der Waals surface area contributed by atoms with E-state index in [-0.39, 0.29) is 5.56 Å². The van der Waals surface area contributed by atoms with Gasteiger partial charge in [-0.05, 0) is 27.1 Å². The molecule has 5 aromatic rings. The van der Waals surface area contributed by atoms with E-state index < -0.39 is 0 Å². The van der Waals surface area contributed by atoms with E-state index in [0.717, 1.165) is 37.9 Å². The van der Waals surface area contributed by atoms with Crippen LogP contribution in [0.5, 0.6) is 0 Å². The van der Waals surface area contributed by atoms with Gasteiger partial charge in [0.05, 0.1) is 18.1 Å². The molecule has 3 nitrogen and oxygen atoms in total. The average Bonchev–Trinajstić information content (AvgIpc) is 2.71. The zero-order chi connectivity index (χ0) is 17.5. The summed E-state index contributed by atoms with van der Waals surface area (Å²) >= 11 is 0. The SMILES string of the molecule is O=c1c2c3ccccc3c3ccccc3c2cnn1Cc1ccccc1. The first kappa shape index (κ1) is 14.8. The monoisotopic (exact) mass is 336 g/mol. The summed E-state index contributed by atoms with van der Waals surface area (Å²) in [6, 6.07) is 26.3. The molecule has 0 bridgehead atoms. The molecule has 26 heavy (non-hydrogen) atoms. The third-order valence-electron chi connectivity index (χ3n) is 4.92. The smallest absolute Gasteiger partial charge is 0.267 e. The summed E-state index contributed by atoms with van der Waals surface area (Å²) in [5.74, 6) is 0. The van der Waals surface area contributed by atoms with E-state index in [1.165, 1.54) is 0 Å². The highest BCUT2D eigenvalue weighted by Crippen LogP contribution is 2.32. The summed E-state index contributed by atoms with van der Waals surface area (Å²) < 4.78 is 1.55. The third-order valence-corrected chi connectivity index (χ3v) is 4.92. The Kier molecular flexibility index (Phi) is 3.32. The van der Waals surface area contributed by atoms with E-state index in [0.29, 0.717) is 6.54 Å². The summed E-state index contributed by atoms with van der Waals surface area (Å²) in [7, 11) is 0. The zero-order valence-corrected chi connectivity index (χ0v) is 14.1. The molecule has 0 atom stereocenters. The minimum absolute atomic E-state index is 0.0479. The summed E-state index contributed by atoms with van der Waals surface area (Å²) in [4.78, 5) is 13.3. The van der Waals surface area contributed by atoms with Crippen molar-refractivity contribution in [1.82, 2.24) is 9.78 Å². The lowest BCUT2D eigenvalue weighted by Crippen LogP contribution is -2.23. The van der Waals surface area contributed by atoms with E-state index in [1.54, 1.807) is 4.68 Å². The molecule has 0 aliphatic carbocycles. The van der Waals surface area contributed by atoms with Gasteiger partial charge in [-0.25, -0.2) is 4.68 Å². The Balaban J connectivity index is 1.89. The predicted octanol–water partition coefficient (Wildman–Crippen LogP) is 4.75. The molecule has 0 aliphatic heterocycles. The molecular weight excluding hydrogens is 320 g/mol. The minimum Gasteiger partial charge on any atom is -0.267 e. The molecule has 0 saturated heterocycles. The second kappa shape index (κ2) is 5.81. The lowest BCUT2D eigenvalue weighted by Gasteiger charge is -2.11. The molecule has 124 valence electrons. The van der Waals surface area contributed by atoms with E-state index >= 15 is 0 Å². The Morgan fingerprint density at radius 3 is 1.88 bits per heavy atom. The summed E-state index contributed by atoms with van der Waals surface area (Å²) in [5, 5.41) is 10.4. The zero-order valence-electron chi connectivity index (χ0n) is 14.1. The van der Waals surface area contributed by atoms with Crippen LogP contribution in [0.15, 0.2) is 89.9 Å². The lowest BCUT2D eigenvalue weighted by atomic mass is 9.96. The van der Waals surface area contributed by atoms with Crippen molar-refractivity contribution in [3.05, 3.63) is 101 Å². The molecule has 0 radical (unpaired) electrons. The second-order valence-corrected chi connectivity index (χ2v) is 6.47. The Morgan fingerprint density at radius 1 is 0.654 bits per heavy atom. The fourth-order valence-electron chi connectivity index (χ4n) is 3.71. The molecule has 0 amide bonds. The Labute approximate surface area is 150 Å². The predicted molar refractivity (Wildman–Crippen MR) is 107 cm³/mol. The van der Waals surface area contributed by atoms with Crippen LogP contribution in [-0.2, 0) is 6.54 Å². The number of aromatic nitrogens is 2. The molecule has 0 N–H and O–H groups in total. The van der Waals surface area contributed by atoms with Crippen LogP contribution < -0.4 is 5.56 Å². The second-order valence-electron chi connectivity index (χ2n) is 6.47. The van der Waals surface area contributed by atoms with Gasteiger partial charge in [-0.15, -0.1) is 0 Å². The molecule has 0 aliphatic rings. The third kappa shape index (κ3) is 2.21. The molecule has 1 aromatic heterocycles. The Morgan fingerprint density at radius 2 is 1.19 bits per heavy atom. The van der Waals surface area contributed by atoms with Crippen LogP contribution in [-0.4, -0.2) is 9.78 Å². The van der Waals surface area contributed by atoms with Crippen LogP contribution in [0.1, 0.15) is 5.56 Å². The topological polar surface area (TPSA) is 34.9 Å². The number of hydrogen-bond acceptors (Lipinski definition) is 2. The molecule has 4 aromatic carbocycles. The average molecular weight is 336 g/mol. The maximum absolute atomic E-state index is 13.3. The van der Waals surface area contributed by atoms with Crippen molar-refractivity contribution < 1.29 is 0 Å². The highest BCUT2D eigenvalue weighted by molar-refractivity contribution is 6.24. The van der Waals surface area contributed by atoms with E-state index in [2.05, 4.69) is 23.3 Å². The fraction of sp³-hybridized carbons (Fsp3) is 0.0435. The van der Waals surface area contributed by atoms with Gasteiger partial charge in [-0.2, -0.15) is 5.10 Å². The molecular formula is C23H16N2O. The molecule has 0 fully saturated rings. The van der Waals surface area contributed by atoms with Crippen molar-refractivity contribution in [2.45, 2.75) is 6.54 Å². The largest absolute Gasteiger partial charge is 0.275 e. The first-order valence-corrected chi connectivity index (χ1v) is 8.66. The van der Waals surface area contributed by atoms with E-state index in [1.807, 2.05) is 66.9 Å². The van der Waals surface area contributed by atoms with Gasteiger partial charge in [0, 0.05) is 5.39 Å². The minimum atomic E-state index is -0.0479. The molecule has 5 rings (SSSR count). The van der Waals surface area contributed by atoms with Crippen LogP contribution in [0.4, 0.5) is 0 Å². The van der Waals surface area contributed by atoms with Gasteiger partial charge in [0.2, 0.25) is 0 Å². The van der Waals surface area contributed by atoms with E-state index in [4.69, 9.17) is 0 Å². The number of rotatable bonds is 2. The van der Waals surface area contributed by atoms with Crippen molar-refractivity contribution in [2.24, 2.45) is 0 Å². The maximum Gasteiger partial charge on any atom is 0.275 e. The quantitative estimate of drug-likeness (QED) is 0.436. The normalized spacial score (nSPS) is 11.4. The summed E-state index contributed by atoms with van der Waals surface area (Å²) in [6.45, 7) is 0.469. The number of hydrogen-bond donors (Lipinski definition) is 0. The molecule has 1 heterocycles. The van der Waals surface area contributed by atoms with Crippen LogP contribution in [0, 0.1) is 0 Å². The van der Waals surface area contributed by atoms with Crippen molar-refractivity contribution >= 4 is 32.3 Å². The highest BCUT2D eigenvalue weighted by atomic mass is 16.1. The molecule has 0 saturated carbocycles. The maximum atomic E-state index is 13.3. The van der Waals surface area contributed by atoms with Gasteiger partial charge in [-0.1, -0.05) is 78.9 Å². The van der Waals surface area contributed by atoms with Crippen molar-refractivity contribution in [1.29, 1.82) is 0 Å². The fourth-order valence-corrected chi connectivity index (χ4v) is 3.71. The number of fused-ring (bicyclic) bond motifs is 6. The van der Waals surface area contributed by atoms with Crippen LogP contribution in [0.2, 0.25) is 0 Å². The van der Waals surface area contributed by atoms with Crippen LogP contribution >= 0.6 is 0 Å². The summed E-state index contributed by atoms with van der Waals surface area (Å²) in [5.41, 5.74) is 1.01. The van der Waals surface area contributed by atoms with Gasteiger partial charge in [-0.3, -0.25) is 4.79 Å². The number of benzene rings is 4. The van der Waals surface area contributed by atoms with Gasteiger partial charge in [0.15, 0.2) is 0 Å². The first-order chi connectivity index (χ1) is 12.8. The van der Waals surface area contributed by atoms with Crippen LogP contribution in [0.3, 0.4) is 0 Å². The lowest BCUT2D eigenvalue weighted by molar-refractivity contribution is 0.648. The molecule has 0 unspecified atom stereocenters. The number of nitrogens with zero attached hydrogens (tertiary/aromatic N) is 2. The summed E-state index contributed by atoms with van der Waals surface area (Å²) in [6.07, 6.45) is 1.83. The molecule has 0 spiro atoms. The Bertz CT molecular complexity index is 1290. The van der Waals surface area contributed by atoms with Gasteiger partial charge >= 0.3 is 0 Å². The highest BCUT2D eigenvalue weighted by Gasteiger charge is 2.13. The van der Waals surface area contributed by atoms with Crippen molar-refractivity contribution in [2.75, 3.05) is 0 Å². The van der Waals surface area contributed by atoms with Gasteiger partial charge < -0.3 is 0 Å². The first-order valence-electron chi connectivity index (χ1n) is 8.66. The van der Waals surface area contributed by atoms with Crippen LogP contribution in [0.25, 0.3) is 32.3 Å².